The molecule has 16 heavy (non-hydrogen) atoms. The van der Waals surface area contributed by atoms with Gasteiger partial charge in [0.2, 0.25) is 0 Å². The smallest absolute Gasteiger partial charge is 0.340 e. The second-order valence-electron chi connectivity index (χ2n) is 2.61. The monoisotopic (exact) mass is 301 g/mol. The Labute approximate surface area is 104 Å². The molecule has 0 bridgehead atoms. The molecule has 1 aromatic rings. The van der Waals surface area contributed by atoms with Crippen LogP contribution >= 0.6 is 27.3 Å². The third-order valence-corrected chi connectivity index (χ3v) is 3.14. The Morgan fingerprint density at radius 1 is 1.81 bits per heavy atom. The number of azide groups is 1. The fourth-order valence-corrected chi connectivity index (χ4v) is 2.29. The van der Waals surface area contributed by atoms with E-state index >= 15 is 0 Å². The average Bonchev–Trinajstić information content (AvgIpc) is 2.64. The molecule has 0 spiro atoms. The predicted molar refractivity (Wildman–Crippen MR) is 65.8 cm³/mol. The number of nitrogens with zero attached hydrogens (tertiary/aromatic N) is 3. The Hall–Kier alpha value is -1.30. The number of hydrogen-bond donors (Lipinski definition) is 0. The number of halogens is 1. The first-order chi connectivity index (χ1) is 7.67. The number of hydrogen-bond acceptors (Lipinski definition) is 4. The van der Waals surface area contributed by atoms with Gasteiger partial charge in [-0.3, -0.25) is 0 Å². The SMILES string of the molecule is CCOC(=O)/C(=C/c1cc(Br)cs1)N=[N+]=[N-]. The van der Waals surface area contributed by atoms with E-state index in [-0.39, 0.29) is 12.3 Å². The summed E-state index contributed by atoms with van der Waals surface area (Å²) in [5, 5.41) is 5.17. The highest BCUT2D eigenvalue weighted by molar-refractivity contribution is 9.10. The average molecular weight is 302 g/mol. The Balaban J connectivity index is 2.97. The molecule has 0 saturated carbocycles. The van der Waals surface area contributed by atoms with Crippen molar-refractivity contribution < 1.29 is 9.53 Å². The summed E-state index contributed by atoms with van der Waals surface area (Å²) < 4.78 is 5.67. The summed E-state index contributed by atoms with van der Waals surface area (Å²) in [6.45, 7) is 1.93. The zero-order valence-electron chi connectivity index (χ0n) is 8.38. The minimum Gasteiger partial charge on any atom is -0.462 e. The third-order valence-electron chi connectivity index (χ3n) is 1.50. The van der Waals surface area contributed by atoms with Crippen molar-refractivity contribution in [1.29, 1.82) is 0 Å². The summed E-state index contributed by atoms with van der Waals surface area (Å²) in [4.78, 5) is 14.8. The molecule has 0 aliphatic carbocycles. The Kier molecular flexibility index (Phi) is 5.04. The van der Waals surface area contributed by atoms with E-state index in [9.17, 15) is 4.79 Å². The molecule has 1 heterocycles. The molecule has 0 aliphatic heterocycles. The van der Waals surface area contributed by atoms with Crippen LogP contribution in [0.1, 0.15) is 11.8 Å². The van der Waals surface area contributed by atoms with Gasteiger partial charge in [-0.1, -0.05) is 5.11 Å². The fourth-order valence-electron chi connectivity index (χ4n) is 0.921. The van der Waals surface area contributed by atoms with E-state index in [2.05, 4.69) is 26.0 Å². The van der Waals surface area contributed by atoms with Crippen molar-refractivity contribution in [3.05, 3.63) is 36.9 Å². The lowest BCUT2D eigenvalue weighted by Gasteiger charge is -1.99. The van der Waals surface area contributed by atoms with Crippen LogP contribution in [0.2, 0.25) is 0 Å². The summed E-state index contributed by atoms with van der Waals surface area (Å²) in [5.74, 6) is -0.621. The van der Waals surface area contributed by atoms with Gasteiger partial charge >= 0.3 is 5.97 Å². The van der Waals surface area contributed by atoms with Crippen molar-refractivity contribution in [3.8, 4) is 0 Å². The lowest BCUT2D eigenvalue weighted by Crippen LogP contribution is -2.05. The largest absolute Gasteiger partial charge is 0.462 e. The van der Waals surface area contributed by atoms with Crippen molar-refractivity contribution in [2.45, 2.75) is 6.92 Å². The molecule has 0 aliphatic rings. The van der Waals surface area contributed by atoms with Gasteiger partial charge in [-0.15, -0.1) is 11.3 Å². The van der Waals surface area contributed by atoms with Crippen LogP contribution in [-0.4, -0.2) is 12.6 Å². The van der Waals surface area contributed by atoms with E-state index in [1.165, 1.54) is 17.4 Å². The van der Waals surface area contributed by atoms with Crippen LogP contribution in [0.3, 0.4) is 0 Å². The van der Waals surface area contributed by atoms with Gasteiger partial charge in [0.25, 0.3) is 0 Å². The van der Waals surface area contributed by atoms with Crippen molar-refractivity contribution >= 4 is 39.3 Å². The highest BCUT2D eigenvalue weighted by Crippen LogP contribution is 2.22. The molecule has 7 heteroatoms. The standard InChI is InChI=1S/C9H8BrN3O2S/c1-2-15-9(14)8(12-13-11)4-7-3-6(10)5-16-7/h3-5H,2H2,1H3/b8-4-. The molecule has 0 amide bonds. The molecule has 0 saturated heterocycles. The first-order valence-corrected chi connectivity index (χ1v) is 6.02. The van der Waals surface area contributed by atoms with Crippen LogP contribution in [0.4, 0.5) is 0 Å². The molecule has 5 nitrogen and oxygen atoms in total. The first-order valence-electron chi connectivity index (χ1n) is 4.35. The fraction of sp³-hybridized carbons (Fsp3) is 0.222. The number of ether oxygens (including phenoxy) is 1. The highest BCUT2D eigenvalue weighted by Gasteiger charge is 2.09. The van der Waals surface area contributed by atoms with Crippen molar-refractivity contribution in [2.24, 2.45) is 5.11 Å². The maximum absolute atomic E-state index is 11.4. The Morgan fingerprint density at radius 3 is 3.06 bits per heavy atom. The zero-order chi connectivity index (χ0) is 12.0. The third kappa shape index (κ3) is 3.69. The van der Waals surface area contributed by atoms with E-state index in [0.717, 1.165) is 9.35 Å². The summed E-state index contributed by atoms with van der Waals surface area (Å²) in [7, 11) is 0. The summed E-state index contributed by atoms with van der Waals surface area (Å²) in [5.41, 5.74) is 8.30. The van der Waals surface area contributed by atoms with Gasteiger partial charge in [0.05, 0.1) is 6.61 Å². The number of esters is 1. The van der Waals surface area contributed by atoms with Crippen LogP contribution in [0.25, 0.3) is 16.5 Å². The molecule has 1 rings (SSSR count). The predicted octanol–water partition coefficient (Wildman–Crippen LogP) is 3.72. The lowest BCUT2D eigenvalue weighted by molar-refractivity contribution is -0.138. The van der Waals surface area contributed by atoms with Crippen LogP contribution < -0.4 is 0 Å². The van der Waals surface area contributed by atoms with Gasteiger partial charge in [-0.25, -0.2) is 4.79 Å². The lowest BCUT2D eigenvalue weighted by atomic mass is 10.3. The summed E-state index contributed by atoms with van der Waals surface area (Å²) >= 11 is 4.72. The van der Waals surface area contributed by atoms with Crippen LogP contribution in [-0.2, 0) is 9.53 Å². The number of carbonyl (C=O) groups is 1. The quantitative estimate of drug-likeness (QED) is 0.279. The minimum atomic E-state index is -0.621. The Bertz CT molecular complexity index is 463. The molecule has 1 aromatic heterocycles. The molecular weight excluding hydrogens is 294 g/mol. The summed E-state index contributed by atoms with van der Waals surface area (Å²) in [6.07, 6.45) is 1.49. The Morgan fingerprint density at radius 2 is 2.56 bits per heavy atom. The van der Waals surface area contributed by atoms with Crippen molar-refractivity contribution in [1.82, 2.24) is 0 Å². The van der Waals surface area contributed by atoms with Crippen LogP contribution in [0, 0.1) is 0 Å². The maximum atomic E-state index is 11.4. The number of rotatable bonds is 4. The van der Waals surface area contributed by atoms with Crippen LogP contribution in [0.15, 0.2) is 26.7 Å². The van der Waals surface area contributed by atoms with Crippen molar-refractivity contribution in [3.63, 3.8) is 0 Å². The zero-order valence-corrected chi connectivity index (χ0v) is 10.8. The second-order valence-corrected chi connectivity index (χ2v) is 4.47. The molecule has 0 atom stereocenters. The maximum Gasteiger partial charge on any atom is 0.340 e. The molecule has 0 aromatic carbocycles. The normalized spacial score (nSPS) is 10.8. The molecule has 0 radical (unpaired) electrons. The highest BCUT2D eigenvalue weighted by atomic mass is 79.9. The first kappa shape index (κ1) is 12.8. The molecule has 0 unspecified atom stereocenters. The summed E-state index contributed by atoms with van der Waals surface area (Å²) in [6, 6.07) is 1.82. The van der Waals surface area contributed by atoms with Gasteiger partial charge < -0.3 is 4.74 Å². The van der Waals surface area contributed by atoms with E-state index < -0.39 is 5.97 Å². The second kappa shape index (κ2) is 6.32. The minimum absolute atomic E-state index is 0.0429. The van der Waals surface area contributed by atoms with Gasteiger partial charge in [0, 0.05) is 19.6 Å². The van der Waals surface area contributed by atoms with Gasteiger partial charge in [0.15, 0.2) is 0 Å². The molecule has 0 fully saturated rings. The van der Waals surface area contributed by atoms with E-state index in [4.69, 9.17) is 10.3 Å². The van der Waals surface area contributed by atoms with Crippen molar-refractivity contribution in [2.75, 3.05) is 6.61 Å². The van der Waals surface area contributed by atoms with Gasteiger partial charge in [0.1, 0.15) is 5.70 Å². The van der Waals surface area contributed by atoms with Gasteiger partial charge in [-0.2, -0.15) is 0 Å². The van der Waals surface area contributed by atoms with E-state index in [1.807, 2.05) is 11.4 Å². The topological polar surface area (TPSA) is 75.1 Å². The molecule has 0 N–H and O–H groups in total. The van der Waals surface area contributed by atoms with E-state index in [0.29, 0.717) is 0 Å². The molecular formula is C9H8BrN3O2S. The molecule has 84 valence electrons. The van der Waals surface area contributed by atoms with E-state index in [1.54, 1.807) is 6.92 Å². The number of carbonyl (C=O) groups excluding carboxylic acids is 1. The van der Waals surface area contributed by atoms with Crippen LogP contribution in [0.5, 0.6) is 0 Å². The number of thiophene rings is 1. The van der Waals surface area contributed by atoms with Gasteiger partial charge in [-0.05, 0) is 40.5 Å².